The zero-order valence-electron chi connectivity index (χ0n) is 7.49. The first-order valence-corrected chi connectivity index (χ1v) is 4.09. The van der Waals surface area contributed by atoms with Crippen molar-refractivity contribution >= 4 is 5.97 Å². The van der Waals surface area contributed by atoms with E-state index in [2.05, 4.69) is 4.74 Å². The Morgan fingerprint density at radius 1 is 1.67 bits per heavy atom. The molecule has 1 aliphatic rings. The van der Waals surface area contributed by atoms with E-state index in [1.165, 1.54) is 7.11 Å². The van der Waals surface area contributed by atoms with Gasteiger partial charge < -0.3 is 14.7 Å². The van der Waals surface area contributed by atoms with Crippen LogP contribution in [0.2, 0.25) is 0 Å². The number of esters is 1. The fourth-order valence-corrected chi connectivity index (χ4v) is 1.49. The molecule has 12 heavy (non-hydrogen) atoms. The number of rotatable bonds is 1. The largest absolute Gasteiger partial charge is 0.469 e. The fourth-order valence-electron chi connectivity index (χ4n) is 1.49. The lowest BCUT2D eigenvalue weighted by atomic mass is 9.95. The van der Waals surface area contributed by atoms with Gasteiger partial charge in [-0.05, 0) is 13.5 Å². The van der Waals surface area contributed by atoms with E-state index in [1.54, 1.807) is 0 Å². The average molecular weight is 173 g/mol. The molecule has 0 aromatic heterocycles. The van der Waals surface area contributed by atoms with Crippen LogP contribution in [0.25, 0.3) is 0 Å². The molecule has 4 nitrogen and oxygen atoms in total. The minimum absolute atomic E-state index is 0.311. The van der Waals surface area contributed by atoms with E-state index < -0.39 is 6.10 Å². The number of nitrogens with zero attached hydrogens (tertiary/aromatic N) is 1. The van der Waals surface area contributed by atoms with Gasteiger partial charge in [-0.3, -0.25) is 4.79 Å². The van der Waals surface area contributed by atoms with Crippen LogP contribution in [-0.4, -0.2) is 49.3 Å². The van der Waals surface area contributed by atoms with E-state index in [4.69, 9.17) is 0 Å². The van der Waals surface area contributed by atoms with E-state index in [0.717, 1.165) is 6.54 Å². The molecule has 0 spiro atoms. The molecule has 1 N–H and O–H groups in total. The summed E-state index contributed by atoms with van der Waals surface area (Å²) in [6.45, 7) is 1.43. The number of aliphatic hydroxyl groups is 1. The molecule has 1 aliphatic heterocycles. The van der Waals surface area contributed by atoms with E-state index >= 15 is 0 Å². The molecule has 1 rings (SSSR count). The molecule has 0 unspecified atom stereocenters. The summed E-state index contributed by atoms with van der Waals surface area (Å²) in [5, 5.41) is 9.46. The molecule has 2 atom stereocenters. The first kappa shape index (κ1) is 9.48. The van der Waals surface area contributed by atoms with Crippen molar-refractivity contribution in [3.05, 3.63) is 0 Å². The highest BCUT2D eigenvalue weighted by Gasteiger charge is 2.32. The molecule has 0 aromatic rings. The number of likely N-dealkylation sites (tertiary alicyclic amines) is 1. The van der Waals surface area contributed by atoms with Gasteiger partial charge in [0.25, 0.3) is 0 Å². The molecule has 70 valence electrons. The summed E-state index contributed by atoms with van der Waals surface area (Å²) in [6, 6.07) is 0. The van der Waals surface area contributed by atoms with Crippen LogP contribution in [0.3, 0.4) is 0 Å². The van der Waals surface area contributed by atoms with Gasteiger partial charge in [0, 0.05) is 13.1 Å². The average Bonchev–Trinajstić information content (AvgIpc) is 2.08. The van der Waals surface area contributed by atoms with Crippen LogP contribution in [-0.2, 0) is 9.53 Å². The zero-order chi connectivity index (χ0) is 9.14. The maximum absolute atomic E-state index is 11.1. The molecule has 0 amide bonds. The van der Waals surface area contributed by atoms with Crippen LogP contribution in [0.4, 0.5) is 0 Å². The Bertz CT molecular complexity index is 172. The third-order valence-corrected chi connectivity index (χ3v) is 2.28. The highest BCUT2D eigenvalue weighted by molar-refractivity contribution is 5.73. The fraction of sp³-hybridized carbons (Fsp3) is 0.875. The van der Waals surface area contributed by atoms with Crippen molar-refractivity contribution < 1.29 is 14.6 Å². The molecular formula is C8H15NO3. The van der Waals surface area contributed by atoms with Gasteiger partial charge >= 0.3 is 5.97 Å². The van der Waals surface area contributed by atoms with Crippen molar-refractivity contribution in [2.45, 2.75) is 12.5 Å². The monoisotopic (exact) mass is 173 g/mol. The summed E-state index contributed by atoms with van der Waals surface area (Å²) in [7, 11) is 3.28. The highest BCUT2D eigenvalue weighted by Crippen LogP contribution is 2.16. The lowest BCUT2D eigenvalue weighted by Crippen LogP contribution is -2.45. The Morgan fingerprint density at radius 3 is 2.92 bits per heavy atom. The number of aliphatic hydroxyl groups excluding tert-OH is 1. The maximum Gasteiger partial charge on any atom is 0.312 e. The van der Waals surface area contributed by atoms with E-state index in [-0.39, 0.29) is 11.9 Å². The Labute approximate surface area is 72.1 Å². The Morgan fingerprint density at radius 2 is 2.33 bits per heavy atom. The zero-order valence-corrected chi connectivity index (χ0v) is 7.49. The lowest BCUT2D eigenvalue weighted by Gasteiger charge is -2.31. The molecule has 0 radical (unpaired) electrons. The lowest BCUT2D eigenvalue weighted by molar-refractivity contribution is -0.152. The third kappa shape index (κ3) is 1.95. The van der Waals surface area contributed by atoms with Gasteiger partial charge in [-0.15, -0.1) is 0 Å². The van der Waals surface area contributed by atoms with Crippen LogP contribution in [0.15, 0.2) is 0 Å². The van der Waals surface area contributed by atoms with Crippen LogP contribution in [0.5, 0.6) is 0 Å². The molecule has 4 heteroatoms. The summed E-state index contributed by atoms with van der Waals surface area (Å²) in [5.41, 5.74) is 0. The molecule has 0 aliphatic carbocycles. The Hall–Kier alpha value is -0.610. The van der Waals surface area contributed by atoms with Crippen LogP contribution >= 0.6 is 0 Å². The summed E-state index contributed by atoms with van der Waals surface area (Å²) < 4.78 is 4.58. The standard InChI is InChI=1S/C8H15NO3/c1-9-4-3-7(10)6(5-9)8(11)12-2/h6-7,10H,3-5H2,1-2H3/t6-,7-/m1/s1. The molecular weight excluding hydrogens is 158 g/mol. The normalized spacial score (nSPS) is 31.6. The predicted octanol–water partition coefficient (Wildman–Crippen LogP) is -0.528. The van der Waals surface area contributed by atoms with Gasteiger partial charge in [0.1, 0.15) is 0 Å². The predicted molar refractivity (Wildman–Crippen MR) is 43.6 cm³/mol. The summed E-state index contributed by atoms with van der Waals surface area (Å²) in [5.74, 6) is -0.678. The van der Waals surface area contributed by atoms with Crippen molar-refractivity contribution in [1.29, 1.82) is 0 Å². The van der Waals surface area contributed by atoms with Crippen molar-refractivity contribution in [2.75, 3.05) is 27.2 Å². The van der Waals surface area contributed by atoms with Gasteiger partial charge in [-0.25, -0.2) is 0 Å². The molecule has 1 saturated heterocycles. The third-order valence-electron chi connectivity index (χ3n) is 2.28. The van der Waals surface area contributed by atoms with Crippen molar-refractivity contribution in [3.8, 4) is 0 Å². The van der Waals surface area contributed by atoms with Gasteiger partial charge in [0.05, 0.1) is 19.1 Å². The Kier molecular flexibility index (Phi) is 3.05. The quantitative estimate of drug-likeness (QED) is 0.542. The summed E-state index contributed by atoms with van der Waals surface area (Å²) in [6.07, 6.45) is 0.115. The van der Waals surface area contributed by atoms with Gasteiger partial charge in [0.15, 0.2) is 0 Å². The summed E-state index contributed by atoms with van der Waals surface area (Å²) >= 11 is 0. The number of piperidine rings is 1. The molecule has 0 saturated carbocycles. The molecule has 1 heterocycles. The second kappa shape index (κ2) is 3.87. The number of ether oxygens (including phenoxy) is 1. The summed E-state index contributed by atoms with van der Waals surface area (Å²) in [4.78, 5) is 13.1. The smallest absolute Gasteiger partial charge is 0.312 e. The van der Waals surface area contributed by atoms with E-state index in [0.29, 0.717) is 13.0 Å². The number of hydrogen-bond acceptors (Lipinski definition) is 4. The van der Waals surface area contributed by atoms with Crippen LogP contribution < -0.4 is 0 Å². The SMILES string of the molecule is COC(=O)[C@@H]1CN(C)CC[C@H]1O. The van der Waals surface area contributed by atoms with Gasteiger partial charge in [0.2, 0.25) is 0 Å². The maximum atomic E-state index is 11.1. The number of carbonyl (C=O) groups excluding carboxylic acids is 1. The van der Waals surface area contributed by atoms with Crippen molar-refractivity contribution in [3.63, 3.8) is 0 Å². The van der Waals surface area contributed by atoms with Crippen LogP contribution in [0, 0.1) is 5.92 Å². The van der Waals surface area contributed by atoms with Crippen LogP contribution in [0.1, 0.15) is 6.42 Å². The van der Waals surface area contributed by atoms with E-state index in [1.807, 2.05) is 11.9 Å². The van der Waals surface area contributed by atoms with Crippen molar-refractivity contribution in [1.82, 2.24) is 4.90 Å². The highest BCUT2D eigenvalue weighted by atomic mass is 16.5. The second-order valence-electron chi connectivity index (χ2n) is 3.25. The van der Waals surface area contributed by atoms with Crippen molar-refractivity contribution in [2.24, 2.45) is 5.92 Å². The molecule has 0 aromatic carbocycles. The number of methoxy groups -OCH3 is 1. The second-order valence-corrected chi connectivity index (χ2v) is 3.25. The molecule has 1 fully saturated rings. The molecule has 0 bridgehead atoms. The first-order chi connectivity index (χ1) is 5.65. The minimum atomic E-state index is -0.534. The van der Waals surface area contributed by atoms with E-state index in [9.17, 15) is 9.90 Å². The number of carbonyl (C=O) groups is 1. The topological polar surface area (TPSA) is 49.8 Å². The number of hydrogen-bond donors (Lipinski definition) is 1. The minimum Gasteiger partial charge on any atom is -0.469 e. The van der Waals surface area contributed by atoms with Gasteiger partial charge in [-0.2, -0.15) is 0 Å². The van der Waals surface area contributed by atoms with Gasteiger partial charge in [-0.1, -0.05) is 0 Å². The first-order valence-electron chi connectivity index (χ1n) is 4.09. The Balaban J connectivity index is 2.54.